The highest BCUT2D eigenvalue weighted by molar-refractivity contribution is 9.10. The Morgan fingerprint density at radius 2 is 1.62 bits per heavy atom. The van der Waals surface area contributed by atoms with Crippen molar-refractivity contribution in [3.63, 3.8) is 0 Å². The molecule has 3 nitrogen and oxygen atoms in total. The van der Waals surface area contributed by atoms with Crippen molar-refractivity contribution in [1.29, 1.82) is 5.26 Å². The molecule has 0 aliphatic heterocycles. The largest absolute Gasteiger partial charge is 0.218 e. The van der Waals surface area contributed by atoms with Crippen molar-refractivity contribution in [2.24, 2.45) is 0 Å². The molecule has 0 aliphatic rings. The second-order valence-electron chi connectivity index (χ2n) is 5.18. The van der Waals surface area contributed by atoms with Gasteiger partial charge in [0.15, 0.2) is 0 Å². The first kappa shape index (κ1) is 16.4. The van der Waals surface area contributed by atoms with E-state index in [4.69, 9.17) is 0 Å². The van der Waals surface area contributed by atoms with Gasteiger partial charge in [-0.3, -0.25) is 0 Å². The predicted octanol–water partition coefficient (Wildman–Crippen LogP) is 4.94. The van der Waals surface area contributed by atoms with Crippen LogP contribution in [0.3, 0.4) is 0 Å². The normalized spacial score (nSPS) is 12.1. The average molecular weight is 398 g/mol. The molecular formula is C19H12BrNO2S. The van der Waals surface area contributed by atoms with E-state index < -0.39 is 9.84 Å². The van der Waals surface area contributed by atoms with E-state index in [1.165, 1.54) is 18.2 Å². The molecule has 0 N–H and O–H groups in total. The van der Waals surface area contributed by atoms with Crippen LogP contribution in [0.15, 0.2) is 81.0 Å². The van der Waals surface area contributed by atoms with Crippen molar-refractivity contribution in [2.75, 3.05) is 0 Å². The molecule has 3 aromatic carbocycles. The second-order valence-corrected chi connectivity index (χ2v) is 8.02. The maximum absolute atomic E-state index is 12.6. The number of hydrogen-bond acceptors (Lipinski definition) is 3. The monoisotopic (exact) mass is 397 g/mol. The van der Waals surface area contributed by atoms with Gasteiger partial charge in [0, 0.05) is 4.47 Å². The van der Waals surface area contributed by atoms with Gasteiger partial charge in [0.2, 0.25) is 9.84 Å². The van der Waals surface area contributed by atoms with E-state index in [0.717, 1.165) is 15.2 Å². The number of sulfone groups is 1. The van der Waals surface area contributed by atoms with Crippen LogP contribution in [0.25, 0.3) is 16.8 Å². The Balaban J connectivity index is 2.07. The quantitative estimate of drug-likeness (QED) is 0.587. The fourth-order valence-electron chi connectivity index (χ4n) is 2.36. The van der Waals surface area contributed by atoms with Crippen LogP contribution in [0, 0.1) is 11.3 Å². The van der Waals surface area contributed by atoms with Crippen molar-refractivity contribution in [3.8, 4) is 6.07 Å². The van der Waals surface area contributed by atoms with Crippen LogP contribution < -0.4 is 0 Å². The summed E-state index contributed by atoms with van der Waals surface area (Å²) in [4.78, 5) is -0.181. The minimum atomic E-state index is -3.84. The number of halogens is 1. The Kier molecular flexibility index (Phi) is 4.52. The van der Waals surface area contributed by atoms with Gasteiger partial charge in [-0.15, -0.1) is 0 Å². The fraction of sp³-hybridized carbons (Fsp3) is 0. The number of rotatable bonds is 3. The van der Waals surface area contributed by atoms with Gasteiger partial charge < -0.3 is 0 Å². The van der Waals surface area contributed by atoms with E-state index >= 15 is 0 Å². The Morgan fingerprint density at radius 1 is 0.958 bits per heavy atom. The van der Waals surface area contributed by atoms with E-state index in [0.29, 0.717) is 5.56 Å². The topological polar surface area (TPSA) is 57.9 Å². The summed E-state index contributed by atoms with van der Waals surface area (Å²) in [5.41, 5.74) is 0.672. The highest BCUT2D eigenvalue weighted by Gasteiger charge is 2.20. The number of nitriles is 1. The summed E-state index contributed by atoms with van der Waals surface area (Å²) in [5, 5.41) is 11.4. The number of fused-ring (bicyclic) bond motifs is 1. The molecule has 0 radical (unpaired) electrons. The van der Waals surface area contributed by atoms with E-state index in [-0.39, 0.29) is 9.80 Å². The van der Waals surface area contributed by atoms with Gasteiger partial charge in [-0.25, -0.2) is 8.42 Å². The average Bonchev–Trinajstić information content (AvgIpc) is 2.59. The molecule has 3 rings (SSSR count). The summed E-state index contributed by atoms with van der Waals surface area (Å²) in [6, 6.07) is 21.4. The molecule has 3 aromatic rings. The second kappa shape index (κ2) is 6.60. The standard InChI is InChI=1S/C19H12BrNO2S/c20-17-7-9-18(10-8-17)24(22,23)19(13-21)12-14-5-6-15-3-1-2-4-16(15)11-14/h1-12H/b19-12+. The lowest BCUT2D eigenvalue weighted by atomic mass is 10.1. The summed E-state index contributed by atoms with van der Waals surface area (Å²) >= 11 is 3.27. The van der Waals surface area contributed by atoms with Gasteiger partial charge in [-0.2, -0.15) is 5.26 Å². The summed E-state index contributed by atoms with van der Waals surface area (Å²) in [6.07, 6.45) is 1.41. The minimum absolute atomic E-state index is 0.0966. The highest BCUT2D eigenvalue weighted by atomic mass is 79.9. The van der Waals surface area contributed by atoms with Crippen LogP contribution >= 0.6 is 15.9 Å². The number of hydrogen-bond donors (Lipinski definition) is 0. The van der Waals surface area contributed by atoms with Gasteiger partial charge in [0.05, 0.1) is 4.90 Å². The molecule has 0 spiro atoms. The van der Waals surface area contributed by atoms with Crippen molar-refractivity contribution in [3.05, 3.63) is 81.7 Å². The Labute approximate surface area is 148 Å². The van der Waals surface area contributed by atoms with Crippen LogP contribution in [0.1, 0.15) is 5.56 Å². The first-order chi connectivity index (χ1) is 11.5. The van der Waals surface area contributed by atoms with Crippen molar-refractivity contribution in [2.45, 2.75) is 4.90 Å². The molecule has 0 saturated heterocycles. The van der Waals surface area contributed by atoms with Gasteiger partial charge in [0.1, 0.15) is 11.0 Å². The molecule has 118 valence electrons. The van der Waals surface area contributed by atoms with E-state index in [2.05, 4.69) is 15.9 Å². The van der Waals surface area contributed by atoms with Crippen molar-refractivity contribution < 1.29 is 8.42 Å². The molecule has 0 amide bonds. The fourth-order valence-corrected chi connectivity index (χ4v) is 3.78. The number of allylic oxidation sites excluding steroid dienone is 1. The van der Waals surface area contributed by atoms with Crippen molar-refractivity contribution >= 4 is 42.6 Å². The van der Waals surface area contributed by atoms with Crippen LogP contribution in [0.2, 0.25) is 0 Å². The lowest BCUT2D eigenvalue weighted by Crippen LogP contribution is -2.03. The van der Waals surface area contributed by atoms with E-state index in [1.807, 2.05) is 42.5 Å². The summed E-state index contributed by atoms with van der Waals surface area (Å²) in [6.45, 7) is 0. The van der Waals surface area contributed by atoms with Gasteiger partial charge in [0.25, 0.3) is 0 Å². The Bertz CT molecular complexity index is 1080. The van der Waals surface area contributed by atoms with Gasteiger partial charge in [-0.1, -0.05) is 52.3 Å². The zero-order valence-electron chi connectivity index (χ0n) is 12.5. The lowest BCUT2D eigenvalue weighted by Gasteiger charge is -2.04. The summed E-state index contributed by atoms with van der Waals surface area (Å²) in [7, 11) is -3.84. The molecule has 0 heterocycles. The molecule has 24 heavy (non-hydrogen) atoms. The first-order valence-corrected chi connectivity index (χ1v) is 9.39. The molecule has 0 unspecified atom stereocenters. The maximum Gasteiger partial charge on any atom is 0.216 e. The zero-order chi connectivity index (χ0) is 17.2. The third-order valence-electron chi connectivity index (χ3n) is 3.59. The minimum Gasteiger partial charge on any atom is -0.218 e. The summed E-state index contributed by atoms with van der Waals surface area (Å²) < 4.78 is 26.0. The zero-order valence-corrected chi connectivity index (χ0v) is 14.9. The lowest BCUT2D eigenvalue weighted by molar-refractivity contribution is 0.603. The number of nitrogens with zero attached hydrogens (tertiary/aromatic N) is 1. The molecule has 0 bridgehead atoms. The van der Waals surface area contributed by atoms with Crippen LogP contribution in [0.5, 0.6) is 0 Å². The first-order valence-electron chi connectivity index (χ1n) is 7.12. The Morgan fingerprint density at radius 3 is 2.29 bits per heavy atom. The van der Waals surface area contributed by atoms with Gasteiger partial charge >= 0.3 is 0 Å². The van der Waals surface area contributed by atoms with Crippen LogP contribution in [-0.2, 0) is 9.84 Å². The molecule has 0 atom stereocenters. The molecule has 0 fully saturated rings. The summed E-state index contributed by atoms with van der Waals surface area (Å²) in [5.74, 6) is 0. The molecule has 0 aliphatic carbocycles. The molecular weight excluding hydrogens is 386 g/mol. The van der Waals surface area contributed by atoms with E-state index in [9.17, 15) is 13.7 Å². The SMILES string of the molecule is N#C/C(=C\c1ccc2ccccc2c1)S(=O)(=O)c1ccc(Br)cc1. The third kappa shape index (κ3) is 3.25. The Hall–Kier alpha value is -2.42. The highest BCUT2D eigenvalue weighted by Crippen LogP contribution is 2.24. The van der Waals surface area contributed by atoms with Gasteiger partial charge in [-0.05, 0) is 52.7 Å². The van der Waals surface area contributed by atoms with Crippen LogP contribution in [-0.4, -0.2) is 8.42 Å². The number of benzene rings is 3. The third-order valence-corrected chi connectivity index (χ3v) is 5.80. The smallest absolute Gasteiger partial charge is 0.216 e. The molecule has 0 saturated carbocycles. The van der Waals surface area contributed by atoms with Crippen LogP contribution in [0.4, 0.5) is 0 Å². The maximum atomic E-state index is 12.6. The molecule has 5 heteroatoms. The van der Waals surface area contributed by atoms with E-state index in [1.54, 1.807) is 18.2 Å². The predicted molar refractivity (Wildman–Crippen MR) is 98.9 cm³/mol. The molecule has 0 aromatic heterocycles. The van der Waals surface area contributed by atoms with Crippen molar-refractivity contribution in [1.82, 2.24) is 0 Å².